The van der Waals surface area contributed by atoms with Crippen molar-refractivity contribution >= 4 is 7.28 Å². The van der Waals surface area contributed by atoms with Crippen LogP contribution in [0.15, 0.2) is 12.7 Å². The lowest BCUT2D eigenvalue weighted by Crippen LogP contribution is -2.54. The minimum Gasteiger partial charge on any atom is -0.104 e. The van der Waals surface area contributed by atoms with Crippen LogP contribution in [0.1, 0.15) is 33.6 Å². The maximum absolute atomic E-state index is 3.80. The van der Waals surface area contributed by atoms with Crippen LogP contribution in [0.25, 0.3) is 0 Å². The molecule has 0 aliphatic heterocycles. The highest BCUT2D eigenvalue weighted by Gasteiger charge is 2.55. The molecule has 0 spiro atoms. The van der Waals surface area contributed by atoms with Crippen LogP contribution >= 0.6 is 0 Å². The molecule has 1 radical (unpaired) electrons. The molecule has 1 heteroatoms. The highest BCUT2D eigenvalue weighted by molar-refractivity contribution is 6.38. The lowest BCUT2D eigenvalue weighted by molar-refractivity contribution is -0.0985. The average molecular weight is 189 g/mol. The van der Waals surface area contributed by atoms with E-state index in [2.05, 4.69) is 34.6 Å². The molecule has 0 N–H and O–H groups in total. The van der Waals surface area contributed by atoms with Crippen molar-refractivity contribution in [2.24, 2.45) is 23.2 Å². The molecular formula is C13H22B. The summed E-state index contributed by atoms with van der Waals surface area (Å²) in [6, 6.07) is 0. The number of allylic oxidation sites excluding steroid dienone is 1. The summed E-state index contributed by atoms with van der Waals surface area (Å²) < 4.78 is 0. The van der Waals surface area contributed by atoms with E-state index >= 15 is 0 Å². The molecule has 3 fully saturated rings. The molecule has 0 saturated heterocycles. The van der Waals surface area contributed by atoms with Gasteiger partial charge in [0.2, 0.25) is 0 Å². The second-order valence-electron chi connectivity index (χ2n) is 5.88. The van der Waals surface area contributed by atoms with E-state index in [1.54, 1.807) is 0 Å². The molecule has 3 aliphatic carbocycles. The summed E-state index contributed by atoms with van der Waals surface area (Å²) >= 11 is 0. The van der Waals surface area contributed by atoms with Crippen molar-refractivity contribution in [2.45, 2.75) is 45.8 Å². The van der Waals surface area contributed by atoms with Gasteiger partial charge < -0.3 is 0 Å². The van der Waals surface area contributed by atoms with Crippen LogP contribution in [0.5, 0.6) is 0 Å². The topological polar surface area (TPSA) is 0 Å². The van der Waals surface area contributed by atoms with Crippen molar-refractivity contribution in [3.05, 3.63) is 12.7 Å². The third-order valence-corrected chi connectivity index (χ3v) is 5.02. The van der Waals surface area contributed by atoms with Gasteiger partial charge in [0.1, 0.15) is 7.28 Å². The molecule has 3 aliphatic rings. The van der Waals surface area contributed by atoms with E-state index in [0.29, 0.717) is 5.41 Å². The van der Waals surface area contributed by atoms with Crippen LogP contribution in [-0.4, -0.2) is 7.28 Å². The summed E-state index contributed by atoms with van der Waals surface area (Å²) in [7, 11) is 2.49. The predicted molar refractivity (Wildman–Crippen MR) is 63.7 cm³/mol. The Morgan fingerprint density at radius 1 is 1.43 bits per heavy atom. The summed E-state index contributed by atoms with van der Waals surface area (Å²) in [5.74, 6) is 3.74. The first kappa shape index (κ1) is 10.3. The van der Waals surface area contributed by atoms with Gasteiger partial charge in [0, 0.05) is 0 Å². The molecule has 77 valence electrons. The fraction of sp³-hybridized carbons (Fsp3) is 0.846. The summed E-state index contributed by atoms with van der Waals surface area (Å²) in [5.41, 5.74) is 0.637. The van der Waals surface area contributed by atoms with E-state index in [9.17, 15) is 0 Å². The van der Waals surface area contributed by atoms with Crippen LogP contribution in [0, 0.1) is 23.2 Å². The van der Waals surface area contributed by atoms with Crippen LogP contribution in [0.4, 0.5) is 0 Å². The third kappa shape index (κ3) is 1.36. The van der Waals surface area contributed by atoms with Crippen LogP contribution < -0.4 is 0 Å². The number of fused-ring (bicyclic) bond motifs is 2. The zero-order valence-corrected chi connectivity index (χ0v) is 9.79. The molecule has 4 atom stereocenters. The Morgan fingerprint density at radius 2 is 2.14 bits per heavy atom. The predicted octanol–water partition coefficient (Wildman–Crippen LogP) is 3.79. The first-order valence-electron chi connectivity index (χ1n) is 6.01. The van der Waals surface area contributed by atoms with Crippen molar-refractivity contribution in [1.29, 1.82) is 0 Å². The van der Waals surface area contributed by atoms with Crippen molar-refractivity contribution in [1.82, 2.24) is 0 Å². The molecule has 2 bridgehead atoms. The Morgan fingerprint density at radius 3 is 2.64 bits per heavy atom. The highest BCUT2D eigenvalue weighted by Crippen LogP contribution is 2.64. The highest BCUT2D eigenvalue weighted by atomic mass is 14.6. The van der Waals surface area contributed by atoms with Gasteiger partial charge in [-0.05, 0) is 29.6 Å². The average Bonchev–Trinajstić information content (AvgIpc) is 2.15. The second-order valence-corrected chi connectivity index (χ2v) is 5.88. The van der Waals surface area contributed by atoms with Gasteiger partial charge in [0.15, 0.2) is 0 Å². The van der Waals surface area contributed by atoms with E-state index in [1.165, 1.54) is 12.8 Å². The Labute approximate surface area is 89.4 Å². The normalized spacial score (nSPS) is 43.9. The summed E-state index contributed by atoms with van der Waals surface area (Å²) in [6.07, 6.45) is 6.04. The smallest absolute Gasteiger partial charge is 0.104 e. The molecule has 0 aromatic rings. The van der Waals surface area contributed by atoms with Crippen LogP contribution in [0.3, 0.4) is 0 Å². The maximum Gasteiger partial charge on any atom is 0.118 e. The lowest BCUT2D eigenvalue weighted by atomic mass is 9.37. The Balaban J connectivity index is 1.97. The van der Waals surface area contributed by atoms with Crippen molar-refractivity contribution in [3.8, 4) is 0 Å². The molecule has 14 heavy (non-hydrogen) atoms. The summed E-state index contributed by atoms with van der Waals surface area (Å²) in [6.45, 7) is 11.2. The summed E-state index contributed by atoms with van der Waals surface area (Å²) in [4.78, 5) is 0. The molecule has 0 aromatic heterocycles. The van der Waals surface area contributed by atoms with E-state index < -0.39 is 0 Å². The molecule has 0 aromatic carbocycles. The third-order valence-electron chi connectivity index (χ3n) is 5.02. The second kappa shape index (κ2) is 3.43. The zero-order chi connectivity index (χ0) is 10.3. The van der Waals surface area contributed by atoms with Gasteiger partial charge in [-0.2, -0.15) is 0 Å². The molecular weight excluding hydrogens is 167 g/mol. The van der Waals surface area contributed by atoms with Crippen molar-refractivity contribution < 1.29 is 0 Å². The fourth-order valence-corrected chi connectivity index (χ4v) is 3.77. The first-order valence-corrected chi connectivity index (χ1v) is 6.01. The van der Waals surface area contributed by atoms with Crippen LogP contribution in [0.2, 0.25) is 12.1 Å². The van der Waals surface area contributed by atoms with E-state index in [0.717, 1.165) is 29.9 Å². The minimum absolute atomic E-state index is 0.637. The number of hydrogen-bond donors (Lipinski definition) is 0. The van der Waals surface area contributed by atoms with Gasteiger partial charge >= 0.3 is 0 Å². The molecule has 3 rings (SSSR count). The SMILES string of the molecule is C=CC[B]C1C[C@@H]2C[C@H](C1C)C2(C)C. The van der Waals surface area contributed by atoms with Gasteiger partial charge in [-0.1, -0.05) is 45.4 Å². The fourth-order valence-electron chi connectivity index (χ4n) is 3.77. The van der Waals surface area contributed by atoms with E-state index in [4.69, 9.17) is 0 Å². The van der Waals surface area contributed by atoms with Gasteiger partial charge in [-0.3, -0.25) is 0 Å². The number of hydrogen-bond acceptors (Lipinski definition) is 0. The van der Waals surface area contributed by atoms with Gasteiger partial charge in [0.05, 0.1) is 0 Å². The Hall–Kier alpha value is -0.195. The van der Waals surface area contributed by atoms with Gasteiger partial charge in [0.25, 0.3) is 0 Å². The molecule has 0 nitrogen and oxygen atoms in total. The quantitative estimate of drug-likeness (QED) is 0.468. The maximum atomic E-state index is 3.80. The Kier molecular flexibility index (Phi) is 2.53. The standard InChI is InChI=1S/C13H22B/c1-5-6-14-12-8-10-7-11(9(12)2)13(10,3)4/h5,9-12H,1,6-8H2,2-4H3/t9?,10-,11+,12?/m0/s1. The first-order chi connectivity index (χ1) is 6.57. The van der Waals surface area contributed by atoms with Gasteiger partial charge in [-0.25, -0.2) is 0 Å². The van der Waals surface area contributed by atoms with Gasteiger partial charge in [-0.15, -0.1) is 6.58 Å². The van der Waals surface area contributed by atoms with Crippen molar-refractivity contribution in [3.63, 3.8) is 0 Å². The number of rotatable bonds is 3. The summed E-state index contributed by atoms with van der Waals surface area (Å²) in [5, 5.41) is 0. The monoisotopic (exact) mass is 189 g/mol. The minimum atomic E-state index is 0.637. The van der Waals surface area contributed by atoms with E-state index in [1.807, 2.05) is 6.08 Å². The van der Waals surface area contributed by atoms with Crippen LogP contribution in [-0.2, 0) is 0 Å². The van der Waals surface area contributed by atoms with Crippen molar-refractivity contribution in [2.75, 3.05) is 0 Å². The molecule has 2 unspecified atom stereocenters. The lowest BCUT2D eigenvalue weighted by Gasteiger charge is -2.62. The molecule has 0 amide bonds. The molecule has 3 saturated carbocycles. The van der Waals surface area contributed by atoms with E-state index in [-0.39, 0.29) is 0 Å². The zero-order valence-electron chi connectivity index (χ0n) is 9.79. The largest absolute Gasteiger partial charge is 0.118 e. The Bertz CT molecular complexity index is 231. The molecule has 0 heterocycles.